The Hall–Kier alpha value is -1.41. The van der Waals surface area contributed by atoms with Crippen LogP contribution in [-0.2, 0) is 15.3 Å². The lowest BCUT2D eigenvalue weighted by molar-refractivity contribution is -0.421. The van der Waals surface area contributed by atoms with E-state index in [0.29, 0.717) is 43.3 Å². The zero-order valence-corrected chi connectivity index (χ0v) is 18.9. The van der Waals surface area contributed by atoms with Crippen molar-refractivity contribution in [1.29, 1.82) is 0 Å². The SMILES string of the molecule is CCOC(=O)C1CCN(/C(SCc2ccccc2)=C(/C(Cl)=C(Cl)Cl)[N+](=O)[O-])CC1. The van der Waals surface area contributed by atoms with Gasteiger partial charge in [0, 0.05) is 18.8 Å². The Morgan fingerprint density at radius 2 is 1.86 bits per heavy atom. The predicted molar refractivity (Wildman–Crippen MR) is 117 cm³/mol. The molecule has 0 bridgehead atoms. The van der Waals surface area contributed by atoms with E-state index in [-0.39, 0.29) is 27.1 Å². The van der Waals surface area contributed by atoms with Crippen LogP contribution in [0.5, 0.6) is 0 Å². The summed E-state index contributed by atoms with van der Waals surface area (Å²) in [5.74, 6) is 0.0640. The number of halogens is 3. The molecule has 0 saturated carbocycles. The van der Waals surface area contributed by atoms with Gasteiger partial charge in [0.05, 0.1) is 17.4 Å². The lowest BCUT2D eigenvalue weighted by atomic mass is 9.97. The van der Waals surface area contributed by atoms with Crippen molar-refractivity contribution in [2.75, 3.05) is 19.7 Å². The van der Waals surface area contributed by atoms with E-state index in [1.165, 1.54) is 11.8 Å². The number of thioether (sulfide) groups is 1. The van der Waals surface area contributed by atoms with E-state index in [2.05, 4.69) is 0 Å². The minimum Gasteiger partial charge on any atom is -0.466 e. The third kappa shape index (κ3) is 6.81. The number of carbonyl (C=O) groups excluding carboxylic acids is 1. The molecule has 0 amide bonds. The molecule has 2 rings (SSSR count). The molecule has 29 heavy (non-hydrogen) atoms. The number of carbonyl (C=O) groups is 1. The summed E-state index contributed by atoms with van der Waals surface area (Å²) in [5.41, 5.74) is 0.679. The molecular formula is C19H21Cl3N2O4S. The Morgan fingerprint density at radius 1 is 1.24 bits per heavy atom. The second-order valence-electron chi connectivity index (χ2n) is 6.27. The number of nitrogens with zero attached hydrogens (tertiary/aromatic N) is 2. The maximum Gasteiger partial charge on any atom is 0.319 e. The van der Waals surface area contributed by atoms with Gasteiger partial charge in [0.1, 0.15) is 4.49 Å². The topological polar surface area (TPSA) is 72.7 Å². The molecule has 0 unspecified atom stereocenters. The summed E-state index contributed by atoms with van der Waals surface area (Å²) in [7, 11) is 0. The van der Waals surface area contributed by atoms with Crippen molar-refractivity contribution in [2.24, 2.45) is 5.92 Å². The van der Waals surface area contributed by atoms with Gasteiger partial charge in [-0.05, 0) is 25.3 Å². The summed E-state index contributed by atoms with van der Waals surface area (Å²) < 4.78 is 4.73. The highest BCUT2D eigenvalue weighted by molar-refractivity contribution is 8.02. The number of hydrogen-bond donors (Lipinski definition) is 0. The van der Waals surface area contributed by atoms with Gasteiger partial charge in [0.2, 0.25) is 0 Å². The number of piperidine rings is 1. The second-order valence-corrected chi connectivity index (χ2v) is 8.56. The predicted octanol–water partition coefficient (Wildman–Crippen LogP) is 5.53. The smallest absolute Gasteiger partial charge is 0.319 e. The van der Waals surface area contributed by atoms with Crippen LogP contribution in [0.4, 0.5) is 0 Å². The van der Waals surface area contributed by atoms with Crippen molar-refractivity contribution in [2.45, 2.75) is 25.5 Å². The summed E-state index contributed by atoms with van der Waals surface area (Å²) in [6.07, 6.45) is 1.07. The fourth-order valence-corrected chi connectivity index (χ4v) is 4.52. The number of nitro groups is 1. The molecule has 0 spiro atoms. The van der Waals surface area contributed by atoms with Crippen LogP contribution in [0.3, 0.4) is 0 Å². The van der Waals surface area contributed by atoms with Gasteiger partial charge >= 0.3 is 11.7 Å². The normalized spacial score (nSPS) is 15.5. The molecule has 10 heteroatoms. The van der Waals surface area contributed by atoms with E-state index in [0.717, 1.165) is 5.56 Å². The summed E-state index contributed by atoms with van der Waals surface area (Å²) >= 11 is 18.9. The summed E-state index contributed by atoms with van der Waals surface area (Å²) in [5, 5.41) is 11.9. The first-order valence-corrected chi connectivity index (χ1v) is 11.1. The maximum atomic E-state index is 12.0. The molecule has 1 heterocycles. The average Bonchev–Trinajstić information content (AvgIpc) is 2.71. The monoisotopic (exact) mass is 478 g/mol. The van der Waals surface area contributed by atoms with Crippen LogP contribution in [-0.4, -0.2) is 35.5 Å². The van der Waals surface area contributed by atoms with E-state index in [1.807, 2.05) is 35.2 Å². The van der Waals surface area contributed by atoms with Crippen molar-refractivity contribution < 1.29 is 14.5 Å². The van der Waals surface area contributed by atoms with Crippen LogP contribution >= 0.6 is 46.6 Å². The fourth-order valence-electron chi connectivity index (χ4n) is 2.96. The fraction of sp³-hybridized carbons (Fsp3) is 0.421. The largest absolute Gasteiger partial charge is 0.466 e. The Bertz CT molecular complexity index is 790. The summed E-state index contributed by atoms with van der Waals surface area (Å²) in [6, 6.07) is 9.59. The molecule has 1 fully saturated rings. The lowest BCUT2D eigenvalue weighted by Gasteiger charge is -2.33. The maximum absolute atomic E-state index is 12.0. The minimum atomic E-state index is -0.572. The number of esters is 1. The molecule has 158 valence electrons. The van der Waals surface area contributed by atoms with E-state index in [1.54, 1.807) is 6.92 Å². The summed E-state index contributed by atoms with van der Waals surface area (Å²) in [6.45, 7) is 3.02. The second kappa shape index (κ2) is 11.7. The minimum absolute atomic E-state index is 0.215. The molecule has 0 aliphatic carbocycles. The van der Waals surface area contributed by atoms with Crippen LogP contribution < -0.4 is 0 Å². The van der Waals surface area contributed by atoms with E-state index in [9.17, 15) is 14.9 Å². The van der Waals surface area contributed by atoms with Crippen LogP contribution in [0, 0.1) is 16.0 Å². The van der Waals surface area contributed by atoms with Crippen LogP contribution in [0.2, 0.25) is 0 Å². The third-order valence-electron chi connectivity index (χ3n) is 4.38. The lowest BCUT2D eigenvalue weighted by Crippen LogP contribution is -2.36. The average molecular weight is 480 g/mol. The highest BCUT2D eigenvalue weighted by Gasteiger charge is 2.33. The number of rotatable bonds is 8. The zero-order valence-electron chi connectivity index (χ0n) is 15.8. The van der Waals surface area contributed by atoms with Gasteiger partial charge in [-0.1, -0.05) is 76.9 Å². The first-order chi connectivity index (χ1) is 13.8. The Kier molecular flexibility index (Phi) is 9.62. The highest BCUT2D eigenvalue weighted by Crippen LogP contribution is 2.37. The Morgan fingerprint density at radius 3 is 2.38 bits per heavy atom. The van der Waals surface area contributed by atoms with E-state index in [4.69, 9.17) is 39.5 Å². The van der Waals surface area contributed by atoms with Crippen LogP contribution in [0.1, 0.15) is 25.3 Å². The van der Waals surface area contributed by atoms with Crippen molar-refractivity contribution in [1.82, 2.24) is 4.90 Å². The molecule has 1 saturated heterocycles. The molecule has 0 aromatic heterocycles. The van der Waals surface area contributed by atoms with Gasteiger partial charge in [-0.2, -0.15) is 0 Å². The van der Waals surface area contributed by atoms with Gasteiger partial charge in [-0.15, -0.1) is 0 Å². The quantitative estimate of drug-likeness (QED) is 0.211. The molecule has 1 aliphatic heterocycles. The molecule has 1 aromatic carbocycles. The molecule has 6 nitrogen and oxygen atoms in total. The Labute approximate surface area is 189 Å². The van der Waals surface area contributed by atoms with Gasteiger partial charge in [0.25, 0.3) is 0 Å². The number of allylic oxidation sites excluding steroid dienone is 1. The van der Waals surface area contributed by atoms with Gasteiger partial charge in [-0.25, -0.2) is 0 Å². The van der Waals surface area contributed by atoms with E-state index >= 15 is 0 Å². The van der Waals surface area contributed by atoms with Crippen LogP contribution in [0.15, 0.2) is 50.6 Å². The molecule has 0 atom stereocenters. The molecule has 0 N–H and O–H groups in total. The first kappa shape index (κ1) is 23.9. The van der Waals surface area contributed by atoms with Gasteiger partial charge in [-0.3, -0.25) is 14.9 Å². The van der Waals surface area contributed by atoms with E-state index < -0.39 is 4.92 Å². The number of likely N-dealkylation sites (tertiary alicyclic amines) is 1. The van der Waals surface area contributed by atoms with Crippen molar-refractivity contribution in [3.63, 3.8) is 0 Å². The zero-order chi connectivity index (χ0) is 21.4. The number of benzene rings is 1. The third-order valence-corrected chi connectivity index (χ3v) is 6.52. The van der Waals surface area contributed by atoms with Crippen LogP contribution in [0.25, 0.3) is 0 Å². The molecular weight excluding hydrogens is 459 g/mol. The first-order valence-electron chi connectivity index (χ1n) is 9.03. The standard InChI is InChI=1S/C19H21Cl3N2O4S/c1-2-28-19(25)14-8-10-23(11-9-14)18(16(24(26)27)15(20)17(21)22)29-12-13-6-4-3-5-7-13/h3-7,14H,2,8-12H2,1H3/b18-16+. The van der Waals surface area contributed by atoms with Gasteiger partial charge < -0.3 is 9.64 Å². The van der Waals surface area contributed by atoms with Crippen molar-refractivity contribution in [3.8, 4) is 0 Å². The Balaban J connectivity index is 2.30. The summed E-state index contributed by atoms with van der Waals surface area (Å²) in [4.78, 5) is 25.1. The molecule has 1 aliphatic rings. The highest BCUT2D eigenvalue weighted by atomic mass is 35.5. The van der Waals surface area contributed by atoms with Crippen molar-refractivity contribution in [3.05, 3.63) is 66.3 Å². The molecule has 1 aromatic rings. The van der Waals surface area contributed by atoms with Crippen molar-refractivity contribution >= 4 is 52.5 Å². The number of hydrogen-bond acceptors (Lipinski definition) is 6. The molecule has 0 radical (unpaired) electrons. The number of ether oxygens (including phenoxy) is 1. The van der Waals surface area contributed by atoms with Gasteiger partial charge in [0.15, 0.2) is 10.1 Å².